The number of hydrogen-bond acceptors (Lipinski definition) is 4. The lowest BCUT2D eigenvalue weighted by atomic mass is 10.2. The number of allylic oxidation sites excluding steroid dienone is 2. The first kappa shape index (κ1) is 18.3. The molecule has 120 valence electrons. The van der Waals surface area contributed by atoms with Crippen LogP contribution in [-0.2, 0) is 9.59 Å². The minimum absolute atomic E-state index is 0.160. The Hall–Kier alpha value is -1.05. The summed E-state index contributed by atoms with van der Waals surface area (Å²) >= 11 is 23.1. The molecule has 1 aromatic rings. The number of thiocarbonyl (C=S) groups is 1. The fourth-order valence-electron chi connectivity index (χ4n) is 1.60. The third-order valence-corrected chi connectivity index (χ3v) is 4.50. The smallest absolute Gasteiger partial charge is 0.270 e. The lowest BCUT2D eigenvalue weighted by molar-refractivity contribution is -0.132. The van der Waals surface area contributed by atoms with Crippen LogP contribution in [0.15, 0.2) is 46.3 Å². The molecule has 0 radical (unpaired) electrons. The minimum Gasteiger partial charge on any atom is -0.270 e. The van der Waals surface area contributed by atoms with E-state index in [2.05, 4.69) is 5.43 Å². The highest BCUT2D eigenvalue weighted by atomic mass is 35.5. The maximum Gasteiger partial charge on any atom is 0.285 e. The second-order valence-electron chi connectivity index (χ2n) is 4.23. The first-order valence-corrected chi connectivity index (χ1v) is 8.65. The summed E-state index contributed by atoms with van der Waals surface area (Å²) in [5.41, 5.74) is 3.14. The van der Waals surface area contributed by atoms with Gasteiger partial charge in [-0.1, -0.05) is 76.9 Å². The topological polar surface area (TPSA) is 49.4 Å². The molecule has 4 nitrogen and oxygen atoms in total. The zero-order valence-corrected chi connectivity index (χ0v) is 15.2. The number of alkyl halides is 2. The fourth-order valence-corrected chi connectivity index (χ4v) is 3.17. The standard InChI is InChI=1S/C14H9Cl3N2O2S2/c15-9(6-8-4-2-1-3-5-8)7-10-13(21)19(14(22)23-10)18-12(20)11(16)17/h1-7,11H,(H,18,20)/b9-6+,10-7-. The van der Waals surface area contributed by atoms with E-state index in [-0.39, 0.29) is 9.23 Å². The van der Waals surface area contributed by atoms with Gasteiger partial charge in [0.2, 0.25) is 0 Å². The van der Waals surface area contributed by atoms with Crippen LogP contribution in [0.25, 0.3) is 6.08 Å². The molecule has 1 aromatic carbocycles. The van der Waals surface area contributed by atoms with Crippen molar-refractivity contribution in [3.05, 3.63) is 51.9 Å². The number of hydrazine groups is 1. The number of benzene rings is 1. The van der Waals surface area contributed by atoms with Crippen molar-refractivity contribution < 1.29 is 9.59 Å². The average molecular weight is 408 g/mol. The molecule has 0 unspecified atom stereocenters. The van der Waals surface area contributed by atoms with E-state index in [9.17, 15) is 9.59 Å². The highest BCUT2D eigenvalue weighted by molar-refractivity contribution is 8.26. The van der Waals surface area contributed by atoms with E-state index in [1.54, 1.807) is 6.08 Å². The molecule has 23 heavy (non-hydrogen) atoms. The van der Waals surface area contributed by atoms with Crippen LogP contribution in [0, 0.1) is 0 Å². The minimum atomic E-state index is -1.30. The van der Waals surface area contributed by atoms with E-state index in [0.29, 0.717) is 5.03 Å². The molecule has 0 aliphatic carbocycles. The van der Waals surface area contributed by atoms with Crippen LogP contribution in [0.3, 0.4) is 0 Å². The van der Waals surface area contributed by atoms with Gasteiger partial charge in [-0.3, -0.25) is 15.0 Å². The van der Waals surface area contributed by atoms with E-state index in [4.69, 9.17) is 47.0 Å². The predicted octanol–water partition coefficient (Wildman–Crippen LogP) is 3.85. The first-order valence-electron chi connectivity index (χ1n) is 6.17. The summed E-state index contributed by atoms with van der Waals surface area (Å²) in [7, 11) is 0. The van der Waals surface area contributed by atoms with Crippen molar-refractivity contribution in [2.75, 3.05) is 0 Å². The zero-order valence-electron chi connectivity index (χ0n) is 11.3. The number of amides is 2. The van der Waals surface area contributed by atoms with Gasteiger partial charge in [0.1, 0.15) is 0 Å². The maximum atomic E-state index is 12.2. The Bertz CT molecular complexity index is 705. The van der Waals surface area contributed by atoms with Gasteiger partial charge in [-0.25, -0.2) is 0 Å². The van der Waals surface area contributed by atoms with Gasteiger partial charge >= 0.3 is 0 Å². The number of nitrogens with zero attached hydrogens (tertiary/aromatic N) is 1. The second kappa shape index (κ2) is 8.17. The molecule has 1 aliphatic heterocycles. The Kier molecular flexibility index (Phi) is 6.50. The first-order chi connectivity index (χ1) is 10.9. The van der Waals surface area contributed by atoms with Crippen LogP contribution in [0.5, 0.6) is 0 Å². The van der Waals surface area contributed by atoms with Crippen molar-refractivity contribution in [3.8, 4) is 0 Å². The molecule has 0 spiro atoms. The van der Waals surface area contributed by atoms with E-state index < -0.39 is 16.7 Å². The molecule has 2 rings (SSSR count). The molecule has 1 saturated heterocycles. The molecule has 1 heterocycles. The van der Waals surface area contributed by atoms with Crippen molar-refractivity contribution in [2.45, 2.75) is 4.84 Å². The summed E-state index contributed by atoms with van der Waals surface area (Å²) in [6.07, 6.45) is 3.19. The largest absolute Gasteiger partial charge is 0.285 e. The van der Waals surface area contributed by atoms with Crippen molar-refractivity contribution in [1.29, 1.82) is 0 Å². The molecule has 0 bridgehead atoms. The molecule has 0 aromatic heterocycles. The SMILES string of the molecule is O=C(NN1C(=O)/C(=C/C(Cl)=C\c2ccccc2)SC1=S)C(Cl)Cl. The Morgan fingerprint density at radius 2 is 1.96 bits per heavy atom. The number of carbonyl (C=O) groups is 2. The summed E-state index contributed by atoms with van der Waals surface area (Å²) in [5.74, 6) is -1.24. The summed E-state index contributed by atoms with van der Waals surface area (Å²) in [5, 5.41) is 1.27. The Balaban J connectivity index is 2.15. The number of thioether (sulfide) groups is 1. The number of halogens is 3. The monoisotopic (exact) mass is 406 g/mol. The highest BCUT2D eigenvalue weighted by Crippen LogP contribution is 2.31. The summed E-state index contributed by atoms with van der Waals surface area (Å²) in [6, 6.07) is 9.39. The van der Waals surface area contributed by atoms with Crippen LogP contribution >= 0.6 is 58.8 Å². The molecule has 9 heteroatoms. The van der Waals surface area contributed by atoms with E-state index >= 15 is 0 Å². The molecule has 1 aliphatic rings. The van der Waals surface area contributed by atoms with Gasteiger partial charge in [-0.2, -0.15) is 5.01 Å². The lowest BCUT2D eigenvalue weighted by Crippen LogP contribution is -2.46. The Morgan fingerprint density at radius 3 is 2.57 bits per heavy atom. The summed E-state index contributed by atoms with van der Waals surface area (Å²) < 4.78 is 0.160. The number of rotatable bonds is 4. The molecule has 1 fully saturated rings. The van der Waals surface area contributed by atoms with Crippen LogP contribution in [-0.4, -0.2) is 26.0 Å². The van der Waals surface area contributed by atoms with Crippen molar-refractivity contribution in [3.63, 3.8) is 0 Å². The number of hydrogen-bond donors (Lipinski definition) is 1. The van der Waals surface area contributed by atoms with Crippen LogP contribution in [0.2, 0.25) is 0 Å². The second-order valence-corrected chi connectivity index (χ2v) is 7.44. The zero-order chi connectivity index (χ0) is 17.0. The quantitative estimate of drug-likeness (QED) is 0.468. The highest BCUT2D eigenvalue weighted by Gasteiger charge is 2.34. The molecular formula is C14H9Cl3N2O2S2. The molecule has 0 atom stereocenters. The fraction of sp³-hybridized carbons (Fsp3) is 0.0714. The van der Waals surface area contributed by atoms with Crippen molar-refractivity contribution >= 4 is 81.0 Å². The van der Waals surface area contributed by atoms with Crippen molar-refractivity contribution in [2.24, 2.45) is 0 Å². The van der Waals surface area contributed by atoms with Gasteiger partial charge in [-0.15, -0.1) is 0 Å². The van der Waals surface area contributed by atoms with Gasteiger partial charge in [0.05, 0.1) is 4.91 Å². The third kappa shape index (κ3) is 4.96. The Morgan fingerprint density at radius 1 is 1.30 bits per heavy atom. The normalized spacial score (nSPS) is 17.3. The van der Waals surface area contributed by atoms with E-state index in [1.807, 2.05) is 30.3 Å². The molecule has 2 amide bonds. The van der Waals surface area contributed by atoms with E-state index in [0.717, 1.165) is 22.3 Å². The van der Waals surface area contributed by atoms with Crippen LogP contribution < -0.4 is 5.43 Å². The van der Waals surface area contributed by atoms with Crippen molar-refractivity contribution in [1.82, 2.24) is 10.4 Å². The average Bonchev–Trinajstić information content (AvgIpc) is 2.75. The number of nitrogens with one attached hydrogen (secondary N) is 1. The third-order valence-electron chi connectivity index (χ3n) is 2.59. The molecular weight excluding hydrogens is 399 g/mol. The molecule has 0 saturated carbocycles. The maximum absolute atomic E-state index is 12.2. The van der Waals surface area contributed by atoms with Gasteiger partial charge in [0, 0.05) is 5.03 Å². The van der Waals surface area contributed by atoms with Gasteiger partial charge in [-0.05, 0) is 29.9 Å². The predicted molar refractivity (Wildman–Crippen MR) is 99.0 cm³/mol. The van der Waals surface area contributed by atoms with Crippen LogP contribution in [0.4, 0.5) is 0 Å². The Labute approximate surface area is 157 Å². The van der Waals surface area contributed by atoms with Crippen LogP contribution in [0.1, 0.15) is 5.56 Å². The number of carbonyl (C=O) groups excluding carboxylic acids is 2. The van der Waals surface area contributed by atoms with E-state index in [1.165, 1.54) is 6.08 Å². The van der Waals surface area contributed by atoms with Gasteiger partial charge in [0.15, 0.2) is 9.16 Å². The summed E-state index contributed by atoms with van der Waals surface area (Å²) in [4.78, 5) is 22.7. The van der Waals surface area contributed by atoms with Gasteiger partial charge < -0.3 is 0 Å². The lowest BCUT2D eigenvalue weighted by Gasteiger charge is -2.15. The molecule has 1 N–H and O–H groups in total. The van der Waals surface area contributed by atoms with Gasteiger partial charge in [0.25, 0.3) is 11.8 Å². The summed E-state index contributed by atoms with van der Waals surface area (Å²) in [6.45, 7) is 0.